The van der Waals surface area contributed by atoms with E-state index in [4.69, 9.17) is 14.2 Å². The average Bonchev–Trinajstić information content (AvgIpc) is 3.47. The highest BCUT2D eigenvalue weighted by Crippen LogP contribution is 2.19. The molecular weight excluding hydrogens is 997 g/mol. The van der Waals surface area contributed by atoms with Gasteiger partial charge in [-0.05, 0) is 77.0 Å². The summed E-state index contributed by atoms with van der Waals surface area (Å²) in [5.41, 5.74) is 0. The van der Waals surface area contributed by atoms with Crippen molar-refractivity contribution in [2.45, 2.75) is 412 Å². The second-order valence-electron chi connectivity index (χ2n) is 24.9. The zero-order valence-corrected chi connectivity index (χ0v) is 54.8. The fourth-order valence-electron chi connectivity index (χ4n) is 11.1. The van der Waals surface area contributed by atoms with Crippen LogP contribution in [0.5, 0.6) is 0 Å². The van der Waals surface area contributed by atoms with Gasteiger partial charge in [-0.3, -0.25) is 14.4 Å². The van der Waals surface area contributed by atoms with Crippen LogP contribution >= 0.6 is 0 Å². The Bertz CT molecular complexity index is 1350. The van der Waals surface area contributed by atoms with Gasteiger partial charge in [0.25, 0.3) is 0 Å². The largest absolute Gasteiger partial charge is 0.462 e. The molecule has 0 heterocycles. The van der Waals surface area contributed by atoms with E-state index in [1.54, 1.807) is 0 Å². The van der Waals surface area contributed by atoms with Crippen LogP contribution in [0.1, 0.15) is 406 Å². The molecular formula is C75H140O6. The SMILES string of the molecule is CCCCCC/C=C\C/C=C\CCCCCCCC(=O)OCC(COC(=O)CCCCCCCCCCCCCCCCCCCCCCCCCCCCCCCC)OC(=O)CCCCCCCCC/C=C\CCCCCCCC. The van der Waals surface area contributed by atoms with Crippen molar-refractivity contribution >= 4 is 17.9 Å². The maximum atomic E-state index is 12.9. The molecule has 6 heteroatoms. The Morgan fingerprint density at radius 2 is 0.444 bits per heavy atom. The minimum Gasteiger partial charge on any atom is -0.462 e. The monoisotopic (exact) mass is 1140 g/mol. The van der Waals surface area contributed by atoms with Crippen molar-refractivity contribution in [2.24, 2.45) is 0 Å². The van der Waals surface area contributed by atoms with Gasteiger partial charge < -0.3 is 14.2 Å². The molecule has 476 valence electrons. The summed E-state index contributed by atoms with van der Waals surface area (Å²) in [7, 11) is 0. The van der Waals surface area contributed by atoms with Crippen LogP contribution in [0.2, 0.25) is 0 Å². The highest BCUT2D eigenvalue weighted by atomic mass is 16.6. The molecule has 0 aliphatic carbocycles. The molecule has 6 nitrogen and oxygen atoms in total. The molecule has 0 bridgehead atoms. The maximum Gasteiger partial charge on any atom is 0.306 e. The van der Waals surface area contributed by atoms with Gasteiger partial charge in [0.1, 0.15) is 13.2 Å². The van der Waals surface area contributed by atoms with E-state index >= 15 is 0 Å². The molecule has 0 fully saturated rings. The van der Waals surface area contributed by atoms with Crippen LogP contribution in [0, 0.1) is 0 Å². The first kappa shape index (κ1) is 78.6. The molecule has 0 rings (SSSR count). The van der Waals surface area contributed by atoms with Crippen molar-refractivity contribution in [2.75, 3.05) is 13.2 Å². The van der Waals surface area contributed by atoms with E-state index in [9.17, 15) is 14.4 Å². The van der Waals surface area contributed by atoms with Crippen molar-refractivity contribution in [3.05, 3.63) is 36.5 Å². The molecule has 0 saturated heterocycles. The quantitative estimate of drug-likeness (QED) is 0.0261. The zero-order chi connectivity index (χ0) is 58.5. The molecule has 81 heavy (non-hydrogen) atoms. The molecule has 0 saturated carbocycles. The van der Waals surface area contributed by atoms with E-state index in [1.165, 1.54) is 289 Å². The van der Waals surface area contributed by atoms with E-state index in [0.29, 0.717) is 19.3 Å². The predicted molar refractivity (Wildman–Crippen MR) is 353 cm³/mol. The molecule has 1 unspecified atom stereocenters. The molecule has 0 amide bonds. The van der Waals surface area contributed by atoms with Gasteiger partial charge in [0.15, 0.2) is 6.10 Å². The Balaban J connectivity index is 4.19. The molecule has 0 aromatic carbocycles. The van der Waals surface area contributed by atoms with Gasteiger partial charge >= 0.3 is 17.9 Å². The van der Waals surface area contributed by atoms with Crippen LogP contribution in [0.3, 0.4) is 0 Å². The summed E-state index contributed by atoms with van der Waals surface area (Å²) in [4.78, 5) is 38.4. The number of hydrogen-bond donors (Lipinski definition) is 0. The number of allylic oxidation sites excluding steroid dienone is 6. The number of hydrogen-bond acceptors (Lipinski definition) is 6. The lowest BCUT2D eigenvalue weighted by atomic mass is 10.0. The van der Waals surface area contributed by atoms with Gasteiger partial charge in [-0.1, -0.05) is 346 Å². The maximum absolute atomic E-state index is 12.9. The van der Waals surface area contributed by atoms with Gasteiger partial charge in [-0.25, -0.2) is 0 Å². The van der Waals surface area contributed by atoms with Gasteiger partial charge in [0.2, 0.25) is 0 Å². The lowest BCUT2D eigenvalue weighted by molar-refractivity contribution is -0.167. The second-order valence-corrected chi connectivity index (χ2v) is 24.9. The Labute approximate surface area is 506 Å². The van der Waals surface area contributed by atoms with E-state index in [0.717, 1.165) is 77.0 Å². The molecule has 1 atom stereocenters. The summed E-state index contributed by atoms with van der Waals surface area (Å²) in [6.07, 6.45) is 87.6. The summed E-state index contributed by atoms with van der Waals surface area (Å²) >= 11 is 0. The second kappa shape index (κ2) is 70.1. The lowest BCUT2D eigenvalue weighted by Crippen LogP contribution is -2.30. The van der Waals surface area contributed by atoms with Gasteiger partial charge in [-0.2, -0.15) is 0 Å². The smallest absolute Gasteiger partial charge is 0.306 e. The normalized spacial score (nSPS) is 12.2. The highest BCUT2D eigenvalue weighted by molar-refractivity contribution is 5.71. The minimum atomic E-state index is -0.780. The summed E-state index contributed by atoms with van der Waals surface area (Å²) in [5.74, 6) is -0.864. The van der Waals surface area contributed by atoms with Crippen molar-refractivity contribution in [1.29, 1.82) is 0 Å². The number of carbonyl (C=O) groups excluding carboxylic acids is 3. The topological polar surface area (TPSA) is 78.9 Å². The summed E-state index contributed by atoms with van der Waals surface area (Å²) in [5, 5.41) is 0. The number of unbranched alkanes of at least 4 members (excludes halogenated alkanes) is 51. The van der Waals surface area contributed by atoms with Crippen LogP contribution in [0.4, 0.5) is 0 Å². The van der Waals surface area contributed by atoms with Crippen LogP contribution < -0.4 is 0 Å². The third-order valence-electron chi connectivity index (χ3n) is 16.6. The predicted octanol–water partition coefficient (Wildman–Crippen LogP) is 25.1. The Hall–Kier alpha value is -2.37. The number of esters is 3. The van der Waals surface area contributed by atoms with Crippen LogP contribution in [-0.4, -0.2) is 37.2 Å². The molecule has 0 radical (unpaired) electrons. The van der Waals surface area contributed by atoms with Gasteiger partial charge in [0.05, 0.1) is 0 Å². The Morgan fingerprint density at radius 3 is 0.704 bits per heavy atom. The summed E-state index contributed by atoms with van der Waals surface area (Å²) in [6.45, 7) is 6.68. The Morgan fingerprint density at radius 1 is 0.247 bits per heavy atom. The number of rotatable bonds is 68. The minimum absolute atomic E-state index is 0.0739. The standard InChI is InChI=1S/C75H140O6/c1-4-7-10-13-16-19-22-25-28-31-32-33-34-35-36-37-38-39-40-41-42-43-45-47-50-53-56-59-62-65-68-74(77)80-71-72(70-79-73(76)67-64-61-58-55-52-49-46-30-27-24-21-18-15-12-9-6-3)81-75(78)69-66-63-60-57-54-51-48-44-29-26-23-20-17-14-11-8-5-2/h21,24,26,29-30,46,72H,4-20,22-23,25,27-28,31-45,47-71H2,1-3H3/b24-21-,29-26-,46-30-. The molecule has 0 N–H and O–H groups in total. The van der Waals surface area contributed by atoms with Crippen molar-refractivity contribution in [3.8, 4) is 0 Å². The summed E-state index contributed by atoms with van der Waals surface area (Å²) < 4.78 is 17.0. The fraction of sp³-hybridized carbons (Fsp3) is 0.880. The van der Waals surface area contributed by atoms with E-state index < -0.39 is 6.10 Å². The third kappa shape index (κ3) is 68.3. The zero-order valence-electron chi connectivity index (χ0n) is 54.8. The van der Waals surface area contributed by atoms with Gasteiger partial charge in [-0.15, -0.1) is 0 Å². The third-order valence-corrected chi connectivity index (χ3v) is 16.6. The first-order valence-electron chi connectivity index (χ1n) is 36.5. The van der Waals surface area contributed by atoms with E-state index in [1.807, 2.05) is 0 Å². The van der Waals surface area contributed by atoms with Gasteiger partial charge in [0, 0.05) is 19.3 Å². The number of ether oxygens (including phenoxy) is 3. The van der Waals surface area contributed by atoms with Crippen molar-refractivity contribution in [3.63, 3.8) is 0 Å². The Kier molecular flexibility index (Phi) is 68.1. The van der Waals surface area contributed by atoms with Crippen molar-refractivity contribution < 1.29 is 28.6 Å². The molecule has 0 aliphatic heterocycles. The van der Waals surface area contributed by atoms with Crippen LogP contribution in [0.15, 0.2) is 36.5 Å². The molecule has 0 aromatic heterocycles. The molecule has 0 aromatic rings. The lowest BCUT2D eigenvalue weighted by Gasteiger charge is -2.18. The first-order chi connectivity index (χ1) is 40.0. The average molecular weight is 1140 g/mol. The van der Waals surface area contributed by atoms with Crippen LogP contribution in [0.25, 0.3) is 0 Å². The van der Waals surface area contributed by atoms with E-state index in [2.05, 4.69) is 57.2 Å². The van der Waals surface area contributed by atoms with Crippen LogP contribution in [-0.2, 0) is 28.6 Å². The summed E-state index contributed by atoms with van der Waals surface area (Å²) in [6, 6.07) is 0. The fourth-order valence-corrected chi connectivity index (χ4v) is 11.1. The molecule has 0 aliphatic rings. The highest BCUT2D eigenvalue weighted by Gasteiger charge is 2.19. The van der Waals surface area contributed by atoms with Crippen molar-refractivity contribution in [1.82, 2.24) is 0 Å². The number of carbonyl (C=O) groups is 3. The van der Waals surface area contributed by atoms with E-state index in [-0.39, 0.29) is 31.1 Å². The first-order valence-corrected chi connectivity index (χ1v) is 36.5. The molecule has 0 spiro atoms.